The van der Waals surface area contributed by atoms with Gasteiger partial charge in [-0.15, -0.1) is 0 Å². The summed E-state index contributed by atoms with van der Waals surface area (Å²) in [4.78, 5) is 13.0. The fourth-order valence-electron chi connectivity index (χ4n) is 5.54. The van der Waals surface area contributed by atoms with Crippen LogP contribution in [-0.2, 0) is 9.53 Å². The number of carbonyl (C=O) groups excluding carboxylic acids is 1. The molecule has 4 aliphatic carbocycles. The smallest absolute Gasteiger partial charge is 0.310 e. The van der Waals surface area contributed by atoms with Crippen molar-refractivity contribution >= 4 is 5.97 Å². The highest BCUT2D eigenvalue weighted by Gasteiger charge is 2.65. The summed E-state index contributed by atoms with van der Waals surface area (Å²) in [5.41, 5.74) is -0.934. The molecule has 4 fully saturated rings. The third-order valence-corrected chi connectivity index (χ3v) is 6.39. The highest BCUT2D eigenvalue weighted by molar-refractivity contribution is 5.74. The first-order valence-electron chi connectivity index (χ1n) is 9.27. The van der Waals surface area contributed by atoms with Gasteiger partial charge in [0.25, 0.3) is 0 Å². The lowest BCUT2D eigenvalue weighted by molar-refractivity contribution is -0.177. The van der Waals surface area contributed by atoms with Crippen LogP contribution < -0.4 is 0 Å². The zero-order valence-electron chi connectivity index (χ0n) is 15.7. The summed E-state index contributed by atoms with van der Waals surface area (Å²) >= 11 is 0. The Kier molecular flexibility index (Phi) is 3.73. The fraction of sp³-hybridized carbons (Fsp3) is 0.950. The lowest BCUT2D eigenvalue weighted by Gasteiger charge is -2.41. The van der Waals surface area contributed by atoms with Gasteiger partial charge in [-0.05, 0) is 54.8 Å². The van der Waals surface area contributed by atoms with Crippen molar-refractivity contribution in [2.45, 2.75) is 91.3 Å². The first-order valence-corrected chi connectivity index (χ1v) is 9.27. The standard InChI is InChI=1S/C20H34O3/c1-17(2,3)11-15(18(4,5)6)16(21)23-19-8-13-7-14(10-19)20(22,9-13)12-19/h13-15,22H,7-12H2,1-6H3. The molecular weight excluding hydrogens is 288 g/mol. The Morgan fingerprint density at radius 2 is 1.83 bits per heavy atom. The maximum Gasteiger partial charge on any atom is 0.310 e. The zero-order chi connectivity index (χ0) is 17.3. The van der Waals surface area contributed by atoms with Gasteiger partial charge < -0.3 is 9.84 Å². The molecule has 4 aliphatic rings. The van der Waals surface area contributed by atoms with E-state index in [-0.39, 0.29) is 28.3 Å². The maximum absolute atomic E-state index is 13.0. The maximum atomic E-state index is 13.0. The second-order valence-electron chi connectivity index (χ2n) is 11.0. The lowest BCUT2D eigenvalue weighted by Crippen LogP contribution is -2.45. The van der Waals surface area contributed by atoms with Gasteiger partial charge in [-0.25, -0.2) is 0 Å². The molecule has 23 heavy (non-hydrogen) atoms. The van der Waals surface area contributed by atoms with E-state index in [0.29, 0.717) is 18.3 Å². The molecule has 4 rings (SSSR count). The van der Waals surface area contributed by atoms with E-state index in [9.17, 15) is 9.90 Å². The van der Waals surface area contributed by atoms with Crippen molar-refractivity contribution in [3.63, 3.8) is 0 Å². The van der Waals surface area contributed by atoms with Crippen LogP contribution in [0.2, 0.25) is 0 Å². The summed E-state index contributed by atoms with van der Waals surface area (Å²) in [6.45, 7) is 12.9. The molecule has 3 nitrogen and oxygen atoms in total. The van der Waals surface area contributed by atoms with Crippen LogP contribution >= 0.6 is 0 Å². The normalized spacial score (nSPS) is 40.5. The van der Waals surface area contributed by atoms with Gasteiger partial charge in [0.2, 0.25) is 0 Å². The van der Waals surface area contributed by atoms with Crippen molar-refractivity contribution in [2.24, 2.45) is 28.6 Å². The molecule has 0 aromatic rings. The van der Waals surface area contributed by atoms with E-state index in [1.165, 1.54) is 0 Å². The molecule has 132 valence electrons. The van der Waals surface area contributed by atoms with Crippen molar-refractivity contribution in [1.82, 2.24) is 0 Å². The summed E-state index contributed by atoms with van der Waals surface area (Å²) in [5.74, 6) is 0.766. The van der Waals surface area contributed by atoms with Crippen LogP contribution in [0, 0.1) is 28.6 Å². The first-order chi connectivity index (χ1) is 10.3. The van der Waals surface area contributed by atoms with Gasteiger partial charge in [-0.2, -0.15) is 0 Å². The molecule has 3 heteroatoms. The molecule has 0 heterocycles. The summed E-state index contributed by atoms with van der Waals surface area (Å²) in [6, 6.07) is 0. The van der Waals surface area contributed by atoms with Crippen LogP contribution in [-0.4, -0.2) is 22.3 Å². The molecule has 0 aliphatic heterocycles. The van der Waals surface area contributed by atoms with Crippen LogP contribution in [0.1, 0.15) is 80.1 Å². The van der Waals surface area contributed by atoms with Gasteiger partial charge in [0, 0.05) is 6.42 Å². The third kappa shape index (κ3) is 3.18. The number of carbonyl (C=O) groups is 1. The zero-order valence-corrected chi connectivity index (χ0v) is 15.7. The van der Waals surface area contributed by atoms with E-state index >= 15 is 0 Å². The molecule has 1 N–H and O–H groups in total. The third-order valence-electron chi connectivity index (χ3n) is 6.39. The highest BCUT2D eigenvalue weighted by atomic mass is 16.6. The molecule has 0 saturated heterocycles. The second-order valence-corrected chi connectivity index (χ2v) is 11.0. The molecule has 5 unspecified atom stereocenters. The Balaban J connectivity index is 1.75. The summed E-state index contributed by atoms with van der Waals surface area (Å²) in [6.07, 6.45) is 5.38. The van der Waals surface area contributed by atoms with Crippen LogP contribution in [0.25, 0.3) is 0 Å². The Morgan fingerprint density at radius 3 is 2.30 bits per heavy atom. The number of ether oxygens (including phenoxy) is 1. The van der Waals surface area contributed by atoms with E-state index in [2.05, 4.69) is 41.5 Å². The van der Waals surface area contributed by atoms with Crippen molar-refractivity contribution in [2.75, 3.05) is 0 Å². The molecule has 0 aromatic carbocycles. The van der Waals surface area contributed by atoms with Gasteiger partial charge in [0.1, 0.15) is 5.60 Å². The minimum Gasteiger partial charge on any atom is -0.459 e. The Bertz CT molecular complexity index is 498. The van der Waals surface area contributed by atoms with Gasteiger partial charge >= 0.3 is 5.97 Å². The molecule has 4 saturated carbocycles. The quantitative estimate of drug-likeness (QED) is 0.787. The van der Waals surface area contributed by atoms with E-state index in [0.717, 1.165) is 32.1 Å². The van der Waals surface area contributed by atoms with Crippen molar-refractivity contribution in [3.05, 3.63) is 0 Å². The first kappa shape index (κ1) is 17.3. The van der Waals surface area contributed by atoms with Gasteiger partial charge in [-0.1, -0.05) is 41.5 Å². The van der Waals surface area contributed by atoms with Gasteiger partial charge in [-0.3, -0.25) is 4.79 Å². The topological polar surface area (TPSA) is 46.5 Å². The van der Waals surface area contributed by atoms with E-state index in [1.54, 1.807) is 0 Å². The van der Waals surface area contributed by atoms with Crippen LogP contribution in [0.3, 0.4) is 0 Å². The molecule has 0 spiro atoms. The van der Waals surface area contributed by atoms with Crippen LogP contribution in [0.4, 0.5) is 0 Å². The summed E-state index contributed by atoms with van der Waals surface area (Å²) in [5, 5.41) is 10.8. The largest absolute Gasteiger partial charge is 0.459 e. The average Bonchev–Trinajstić information content (AvgIpc) is 2.64. The number of hydrogen-bond donors (Lipinski definition) is 1. The predicted molar refractivity (Wildman–Crippen MR) is 90.9 cm³/mol. The Morgan fingerprint density at radius 1 is 1.17 bits per heavy atom. The molecule has 0 radical (unpaired) electrons. The van der Waals surface area contributed by atoms with Crippen LogP contribution in [0.15, 0.2) is 0 Å². The Labute approximate surface area is 141 Å². The average molecular weight is 322 g/mol. The Hall–Kier alpha value is -0.570. The second kappa shape index (κ2) is 4.97. The van der Waals surface area contributed by atoms with Gasteiger partial charge in [0.15, 0.2) is 0 Å². The summed E-state index contributed by atoms with van der Waals surface area (Å²) < 4.78 is 6.17. The van der Waals surface area contributed by atoms with E-state index < -0.39 is 5.60 Å². The molecule has 0 amide bonds. The molecule has 5 atom stereocenters. The minimum atomic E-state index is -0.551. The lowest BCUT2D eigenvalue weighted by atomic mass is 9.72. The SMILES string of the molecule is CC(C)(C)CC(C(=O)OC12CC3CC(C1)C(O)(C3)C2)C(C)(C)C. The predicted octanol–water partition coefficient (Wildman–Crippen LogP) is 4.32. The number of esters is 1. The minimum absolute atomic E-state index is 0.0435. The van der Waals surface area contributed by atoms with Crippen molar-refractivity contribution in [1.29, 1.82) is 0 Å². The molecule has 0 aromatic heterocycles. The molecule has 4 bridgehead atoms. The highest BCUT2D eigenvalue weighted by Crippen LogP contribution is 2.63. The van der Waals surface area contributed by atoms with Crippen molar-refractivity contribution < 1.29 is 14.6 Å². The number of aliphatic hydroxyl groups is 1. The fourth-order valence-corrected chi connectivity index (χ4v) is 5.54. The van der Waals surface area contributed by atoms with E-state index in [1.807, 2.05) is 0 Å². The monoisotopic (exact) mass is 322 g/mol. The molecular formula is C20H34O3. The van der Waals surface area contributed by atoms with Crippen LogP contribution in [0.5, 0.6) is 0 Å². The van der Waals surface area contributed by atoms with Crippen molar-refractivity contribution in [3.8, 4) is 0 Å². The summed E-state index contributed by atoms with van der Waals surface area (Å²) in [7, 11) is 0. The number of hydrogen-bond acceptors (Lipinski definition) is 3. The number of rotatable bonds is 3. The van der Waals surface area contributed by atoms with Gasteiger partial charge in [0.05, 0.1) is 11.5 Å². The van der Waals surface area contributed by atoms with E-state index in [4.69, 9.17) is 4.74 Å².